The van der Waals surface area contributed by atoms with Gasteiger partial charge < -0.3 is 9.47 Å². The Morgan fingerprint density at radius 1 is 1.13 bits per heavy atom. The van der Waals surface area contributed by atoms with Crippen molar-refractivity contribution in [3.05, 3.63) is 87.7 Å². The van der Waals surface area contributed by atoms with Gasteiger partial charge in [0.05, 0.1) is 17.0 Å². The molecule has 2 aliphatic heterocycles. The Balaban J connectivity index is 1.17. The third kappa shape index (κ3) is 6.63. The molecule has 1 N–H and O–H groups in total. The summed E-state index contributed by atoms with van der Waals surface area (Å²) in [7, 11) is -3.49. The summed E-state index contributed by atoms with van der Waals surface area (Å²) in [4.78, 5) is 10.1. The third-order valence-corrected chi connectivity index (χ3v) is 8.99. The van der Waals surface area contributed by atoms with Crippen LogP contribution in [0.15, 0.2) is 48.7 Å². The molecule has 2 aromatic carbocycles. The molecule has 1 fully saturated rings. The highest BCUT2D eigenvalue weighted by Crippen LogP contribution is 2.50. The van der Waals surface area contributed by atoms with E-state index in [4.69, 9.17) is 21.1 Å². The normalized spacial score (nSPS) is 19.3. The molecule has 0 bridgehead atoms. The minimum atomic E-state index is -4.70. The van der Waals surface area contributed by atoms with E-state index in [1.807, 2.05) is 17.2 Å². The fourth-order valence-electron chi connectivity index (χ4n) is 5.78. The van der Waals surface area contributed by atoms with E-state index in [-0.39, 0.29) is 33.6 Å². The zero-order valence-corrected chi connectivity index (χ0v) is 25.7. The molecule has 0 unspecified atom stereocenters. The van der Waals surface area contributed by atoms with Gasteiger partial charge in [0.1, 0.15) is 5.82 Å². The van der Waals surface area contributed by atoms with Gasteiger partial charge in [0, 0.05) is 42.1 Å². The number of fused-ring (bicyclic) bond motifs is 1. The fourth-order valence-corrected chi connectivity index (χ4v) is 6.75. The zero-order valence-electron chi connectivity index (χ0n) is 24.2. The van der Waals surface area contributed by atoms with Crippen molar-refractivity contribution in [1.82, 2.24) is 25.1 Å². The summed E-state index contributed by atoms with van der Waals surface area (Å²) in [6.45, 7) is 3.33. The maximum absolute atomic E-state index is 14.8. The fraction of sp³-hybridized carbons (Fsp3) is 0.367. The molecule has 0 spiro atoms. The number of halogens is 5. The number of sulfone groups is 1. The molecule has 6 rings (SSSR count). The Kier molecular flexibility index (Phi) is 8.02. The Labute approximate surface area is 261 Å². The van der Waals surface area contributed by atoms with E-state index < -0.39 is 33.4 Å². The molecule has 4 aromatic rings. The number of piperidine rings is 1. The number of benzene rings is 2. The van der Waals surface area contributed by atoms with E-state index in [1.165, 1.54) is 18.3 Å². The van der Waals surface area contributed by atoms with Crippen molar-refractivity contribution in [3.8, 4) is 22.9 Å². The lowest BCUT2D eigenvalue weighted by molar-refractivity contribution is -0.144. The maximum atomic E-state index is 14.8. The summed E-state index contributed by atoms with van der Waals surface area (Å²) in [6, 6.07) is 11.5. The van der Waals surface area contributed by atoms with Crippen molar-refractivity contribution < 1.29 is 35.5 Å². The van der Waals surface area contributed by atoms with Crippen LogP contribution in [0.4, 0.5) is 17.6 Å². The van der Waals surface area contributed by atoms with Gasteiger partial charge in [-0.3, -0.25) is 15.0 Å². The Hall–Kier alpha value is -3.75. The second-order valence-electron chi connectivity index (χ2n) is 11.4. The molecule has 1 atom stereocenters. The number of aromatic amines is 1. The first kappa shape index (κ1) is 31.2. The number of alkyl halides is 3. The van der Waals surface area contributed by atoms with Crippen LogP contribution >= 0.6 is 11.6 Å². The monoisotopic (exact) mass is 665 g/mol. The number of aromatic nitrogens is 4. The van der Waals surface area contributed by atoms with Crippen LogP contribution in [-0.2, 0) is 34.1 Å². The van der Waals surface area contributed by atoms with E-state index >= 15 is 0 Å². The highest BCUT2D eigenvalue weighted by Gasteiger charge is 2.43. The summed E-state index contributed by atoms with van der Waals surface area (Å²) in [6.07, 6.45) is -0.763. The second kappa shape index (κ2) is 11.6. The van der Waals surface area contributed by atoms with Crippen LogP contribution in [0, 0.1) is 5.82 Å². The smallest absolute Gasteiger partial charge is 0.444 e. The number of ether oxygens (including phenoxy) is 2. The lowest BCUT2D eigenvalue weighted by atomic mass is 9.88. The average Bonchev–Trinajstić information content (AvgIpc) is 3.59. The van der Waals surface area contributed by atoms with Crippen molar-refractivity contribution in [2.75, 3.05) is 19.3 Å². The zero-order chi connectivity index (χ0) is 32.1. The number of likely N-dealkylation sites (tertiary alicyclic amines) is 1. The van der Waals surface area contributed by atoms with Crippen LogP contribution in [0.25, 0.3) is 11.4 Å². The molecule has 45 heavy (non-hydrogen) atoms. The summed E-state index contributed by atoms with van der Waals surface area (Å²) < 4.78 is 90.6. The van der Waals surface area contributed by atoms with Gasteiger partial charge in [-0.1, -0.05) is 23.7 Å². The maximum Gasteiger partial charge on any atom is 0.451 e. The summed E-state index contributed by atoms with van der Waals surface area (Å²) in [5, 5.41) is 5.77. The quantitative estimate of drug-likeness (QED) is 0.231. The molecule has 1 saturated heterocycles. The van der Waals surface area contributed by atoms with E-state index in [0.717, 1.165) is 24.7 Å². The molecule has 0 radical (unpaired) electrons. The van der Waals surface area contributed by atoms with Crippen LogP contribution in [0.3, 0.4) is 0 Å². The predicted molar refractivity (Wildman–Crippen MR) is 157 cm³/mol. The van der Waals surface area contributed by atoms with Gasteiger partial charge in [0.25, 0.3) is 5.79 Å². The van der Waals surface area contributed by atoms with E-state index in [1.54, 1.807) is 25.1 Å². The molecule has 15 heteroatoms. The summed E-state index contributed by atoms with van der Waals surface area (Å²) >= 11 is 5.93. The van der Waals surface area contributed by atoms with Crippen molar-refractivity contribution in [2.45, 2.75) is 49.9 Å². The first-order valence-corrected chi connectivity index (χ1v) is 16.5. The van der Waals surface area contributed by atoms with E-state index in [9.17, 15) is 26.0 Å². The predicted octanol–water partition coefficient (Wildman–Crippen LogP) is 6.25. The Morgan fingerprint density at radius 2 is 1.89 bits per heavy atom. The lowest BCUT2D eigenvalue weighted by Crippen LogP contribution is -2.34. The van der Waals surface area contributed by atoms with Crippen LogP contribution in [-0.4, -0.2) is 52.8 Å². The van der Waals surface area contributed by atoms with Gasteiger partial charge in [-0.2, -0.15) is 18.3 Å². The van der Waals surface area contributed by atoms with Gasteiger partial charge in [-0.25, -0.2) is 17.8 Å². The van der Waals surface area contributed by atoms with Gasteiger partial charge in [-0.05, 0) is 67.7 Å². The SMILES string of the molecule is C[C@@]1(c2ccc(Cl)cc2F)Oc2cccc(C3CCN(Cc4ncc(-c5n[nH]c(C(F)(F)F)n5)cc4CS(C)(=O)=O)CC3)c2O1. The molecule has 238 valence electrons. The number of pyridine rings is 1. The largest absolute Gasteiger partial charge is 0.451 e. The number of nitrogens with one attached hydrogen (secondary N) is 1. The highest BCUT2D eigenvalue weighted by molar-refractivity contribution is 7.89. The molecule has 0 aliphatic carbocycles. The van der Waals surface area contributed by atoms with Gasteiger partial charge >= 0.3 is 6.18 Å². The van der Waals surface area contributed by atoms with Gasteiger partial charge in [-0.15, -0.1) is 0 Å². The summed E-state index contributed by atoms with van der Waals surface area (Å²) in [5.41, 5.74) is 2.24. The van der Waals surface area contributed by atoms with Crippen LogP contribution in [0.5, 0.6) is 11.5 Å². The number of nitrogens with zero attached hydrogens (tertiary/aromatic N) is 4. The third-order valence-electron chi connectivity index (χ3n) is 7.92. The minimum absolute atomic E-state index is 0.122. The number of hydrogen-bond acceptors (Lipinski definition) is 8. The van der Waals surface area contributed by atoms with E-state index in [0.29, 0.717) is 42.4 Å². The number of hydrogen-bond donors (Lipinski definition) is 1. The Bertz CT molecular complexity index is 1860. The van der Waals surface area contributed by atoms with Gasteiger partial charge in [0.15, 0.2) is 27.2 Å². The lowest BCUT2D eigenvalue weighted by Gasteiger charge is -2.33. The summed E-state index contributed by atoms with van der Waals surface area (Å²) in [5.74, 6) is -2.49. The van der Waals surface area contributed by atoms with E-state index in [2.05, 4.69) is 20.0 Å². The van der Waals surface area contributed by atoms with Crippen molar-refractivity contribution in [2.24, 2.45) is 0 Å². The molecular weight excluding hydrogens is 638 g/mol. The number of rotatable bonds is 7. The molecule has 2 aliphatic rings. The number of H-pyrrole nitrogens is 1. The van der Waals surface area contributed by atoms with Crippen molar-refractivity contribution >= 4 is 21.4 Å². The van der Waals surface area contributed by atoms with Crippen LogP contribution in [0.2, 0.25) is 5.02 Å². The van der Waals surface area contributed by atoms with Crippen LogP contribution < -0.4 is 9.47 Å². The standard InChI is InChI=1S/C30H28ClF4N5O4S/c1-29(22-7-6-20(31)13-23(22)32)43-25-5-3-4-21(26(25)44-29)17-8-10-40(11-9-17)15-24-19(16-45(2,41)42)12-18(14-36-24)27-37-28(39-38-27)30(33,34)35/h3-7,12-14,17H,8-11,15-16H2,1-2H3,(H,37,38,39)/t29-/m1/s1. The second-order valence-corrected chi connectivity index (χ2v) is 14.0. The van der Waals surface area contributed by atoms with Gasteiger partial charge in [0.2, 0.25) is 5.82 Å². The minimum Gasteiger partial charge on any atom is -0.444 e. The molecular formula is C30H28ClF4N5O4S. The number of para-hydroxylation sites is 1. The molecule has 9 nitrogen and oxygen atoms in total. The topological polar surface area (TPSA) is 110 Å². The highest BCUT2D eigenvalue weighted by atomic mass is 35.5. The molecule has 0 amide bonds. The molecule has 2 aromatic heterocycles. The van der Waals surface area contributed by atoms with Crippen LogP contribution in [0.1, 0.15) is 53.9 Å². The molecule has 4 heterocycles. The first-order chi connectivity index (χ1) is 21.2. The average molecular weight is 666 g/mol. The molecule has 0 saturated carbocycles. The Morgan fingerprint density at radius 3 is 2.56 bits per heavy atom. The van der Waals surface area contributed by atoms with Crippen molar-refractivity contribution in [3.63, 3.8) is 0 Å². The van der Waals surface area contributed by atoms with Crippen molar-refractivity contribution in [1.29, 1.82) is 0 Å². The first-order valence-electron chi connectivity index (χ1n) is 14.0.